The van der Waals surface area contributed by atoms with E-state index in [-0.39, 0.29) is 0 Å². The maximum absolute atomic E-state index is 5.53. The highest BCUT2D eigenvalue weighted by molar-refractivity contribution is 5.46. The third-order valence-corrected chi connectivity index (χ3v) is 3.40. The molecule has 0 amide bonds. The van der Waals surface area contributed by atoms with Crippen molar-refractivity contribution in [2.75, 3.05) is 19.0 Å². The standard InChI is InChI=1S/C16H17NO/c1-17-15-5-2-12(3-6-15)10-13-4-7-16-14(11-13)8-9-18-16/h2-7,11,17H,8-10H2,1H3. The van der Waals surface area contributed by atoms with Crippen LogP contribution in [0.25, 0.3) is 0 Å². The molecule has 2 aromatic rings. The van der Waals surface area contributed by atoms with Gasteiger partial charge in [0.15, 0.2) is 0 Å². The summed E-state index contributed by atoms with van der Waals surface area (Å²) in [6.07, 6.45) is 2.03. The van der Waals surface area contributed by atoms with Gasteiger partial charge in [-0.3, -0.25) is 0 Å². The molecule has 18 heavy (non-hydrogen) atoms. The van der Waals surface area contributed by atoms with Gasteiger partial charge >= 0.3 is 0 Å². The first-order valence-corrected chi connectivity index (χ1v) is 6.36. The van der Waals surface area contributed by atoms with Crippen LogP contribution in [-0.4, -0.2) is 13.7 Å². The zero-order valence-corrected chi connectivity index (χ0v) is 10.6. The van der Waals surface area contributed by atoms with Gasteiger partial charge in [-0.25, -0.2) is 0 Å². The van der Waals surface area contributed by atoms with Crippen LogP contribution in [0.15, 0.2) is 42.5 Å². The normalized spacial score (nSPS) is 12.9. The summed E-state index contributed by atoms with van der Waals surface area (Å²) in [5.74, 6) is 1.06. The van der Waals surface area contributed by atoms with E-state index < -0.39 is 0 Å². The van der Waals surface area contributed by atoms with E-state index in [1.165, 1.54) is 16.7 Å². The van der Waals surface area contributed by atoms with Crippen molar-refractivity contribution in [3.8, 4) is 5.75 Å². The molecule has 0 aliphatic carbocycles. The molecule has 0 bridgehead atoms. The fourth-order valence-corrected chi connectivity index (χ4v) is 2.37. The number of hydrogen-bond donors (Lipinski definition) is 1. The van der Waals surface area contributed by atoms with Gasteiger partial charge in [-0.1, -0.05) is 24.3 Å². The lowest BCUT2D eigenvalue weighted by molar-refractivity contribution is 0.357. The lowest BCUT2D eigenvalue weighted by atomic mass is 10.0. The molecule has 0 aromatic heterocycles. The second-order valence-corrected chi connectivity index (χ2v) is 4.66. The Labute approximate surface area is 108 Å². The molecule has 0 unspecified atom stereocenters. The SMILES string of the molecule is CNc1ccc(Cc2ccc3c(c2)CCO3)cc1. The fraction of sp³-hybridized carbons (Fsp3) is 0.250. The highest BCUT2D eigenvalue weighted by Gasteiger charge is 2.11. The van der Waals surface area contributed by atoms with E-state index in [2.05, 4.69) is 47.8 Å². The summed E-state index contributed by atoms with van der Waals surface area (Å²) in [5.41, 5.74) is 5.20. The van der Waals surface area contributed by atoms with E-state index in [4.69, 9.17) is 4.74 Å². The number of nitrogens with one attached hydrogen (secondary N) is 1. The third kappa shape index (κ3) is 2.19. The Morgan fingerprint density at radius 1 is 1.06 bits per heavy atom. The molecule has 1 aliphatic rings. The topological polar surface area (TPSA) is 21.3 Å². The first kappa shape index (κ1) is 11.1. The Balaban J connectivity index is 1.79. The van der Waals surface area contributed by atoms with Crippen LogP contribution >= 0.6 is 0 Å². The molecular formula is C16H17NO. The van der Waals surface area contributed by atoms with Gasteiger partial charge < -0.3 is 10.1 Å². The zero-order valence-electron chi connectivity index (χ0n) is 10.6. The summed E-state index contributed by atoms with van der Waals surface area (Å²) in [6.45, 7) is 0.829. The van der Waals surface area contributed by atoms with Gasteiger partial charge in [0, 0.05) is 19.2 Å². The first-order chi connectivity index (χ1) is 8.85. The number of rotatable bonds is 3. The minimum atomic E-state index is 0.829. The summed E-state index contributed by atoms with van der Waals surface area (Å²) in [6, 6.07) is 15.1. The summed E-state index contributed by atoms with van der Waals surface area (Å²) in [4.78, 5) is 0. The van der Waals surface area contributed by atoms with E-state index in [0.29, 0.717) is 0 Å². The predicted molar refractivity (Wildman–Crippen MR) is 74.4 cm³/mol. The minimum Gasteiger partial charge on any atom is -0.493 e. The summed E-state index contributed by atoms with van der Waals surface area (Å²) in [7, 11) is 1.94. The molecule has 1 aliphatic heterocycles. The van der Waals surface area contributed by atoms with Gasteiger partial charge in [0.25, 0.3) is 0 Å². The van der Waals surface area contributed by atoms with Crippen molar-refractivity contribution in [3.63, 3.8) is 0 Å². The summed E-state index contributed by atoms with van der Waals surface area (Å²) < 4.78 is 5.53. The fourth-order valence-electron chi connectivity index (χ4n) is 2.37. The number of ether oxygens (including phenoxy) is 1. The van der Waals surface area contributed by atoms with Crippen LogP contribution in [0.1, 0.15) is 16.7 Å². The molecule has 92 valence electrons. The first-order valence-electron chi connectivity index (χ1n) is 6.36. The second-order valence-electron chi connectivity index (χ2n) is 4.66. The maximum atomic E-state index is 5.53. The Kier molecular flexibility index (Phi) is 2.93. The van der Waals surface area contributed by atoms with Crippen LogP contribution in [0.2, 0.25) is 0 Å². The van der Waals surface area contributed by atoms with Crippen LogP contribution in [0.5, 0.6) is 5.75 Å². The van der Waals surface area contributed by atoms with Crippen molar-refractivity contribution < 1.29 is 4.74 Å². The van der Waals surface area contributed by atoms with Crippen LogP contribution in [0.4, 0.5) is 5.69 Å². The van der Waals surface area contributed by atoms with Crippen molar-refractivity contribution in [1.29, 1.82) is 0 Å². The predicted octanol–water partition coefficient (Wildman–Crippen LogP) is 3.25. The Bertz CT molecular complexity index is 546. The molecule has 1 N–H and O–H groups in total. The average molecular weight is 239 g/mol. The van der Waals surface area contributed by atoms with Gasteiger partial charge in [-0.2, -0.15) is 0 Å². The largest absolute Gasteiger partial charge is 0.493 e. The van der Waals surface area contributed by atoms with Crippen LogP contribution in [0.3, 0.4) is 0 Å². The second kappa shape index (κ2) is 4.73. The maximum Gasteiger partial charge on any atom is 0.122 e. The van der Waals surface area contributed by atoms with Gasteiger partial charge in [-0.15, -0.1) is 0 Å². The van der Waals surface area contributed by atoms with E-state index >= 15 is 0 Å². The van der Waals surface area contributed by atoms with Crippen LogP contribution in [-0.2, 0) is 12.8 Å². The van der Waals surface area contributed by atoms with Gasteiger partial charge in [-0.05, 0) is 41.3 Å². The Morgan fingerprint density at radius 3 is 2.61 bits per heavy atom. The van der Waals surface area contributed by atoms with E-state index in [0.717, 1.165) is 30.9 Å². The van der Waals surface area contributed by atoms with E-state index in [9.17, 15) is 0 Å². The van der Waals surface area contributed by atoms with Gasteiger partial charge in [0.2, 0.25) is 0 Å². The zero-order chi connectivity index (χ0) is 12.4. The molecular weight excluding hydrogens is 222 g/mol. The average Bonchev–Trinajstić information content (AvgIpc) is 2.87. The van der Waals surface area contributed by atoms with Crippen molar-refractivity contribution in [2.45, 2.75) is 12.8 Å². The minimum absolute atomic E-state index is 0.829. The number of benzene rings is 2. The number of hydrogen-bond acceptors (Lipinski definition) is 2. The highest BCUT2D eigenvalue weighted by Crippen LogP contribution is 2.26. The van der Waals surface area contributed by atoms with Crippen LogP contribution < -0.4 is 10.1 Å². The van der Waals surface area contributed by atoms with Crippen molar-refractivity contribution in [2.24, 2.45) is 0 Å². The Hall–Kier alpha value is -1.96. The lowest BCUT2D eigenvalue weighted by Gasteiger charge is -2.06. The molecule has 1 heterocycles. The molecule has 3 rings (SSSR count). The van der Waals surface area contributed by atoms with Crippen molar-refractivity contribution in [3.05, 3.63) is 59.2 Å². The molecule has 2 aromatic carbocycles. The third-order valence-electron chi connectivity index (χ3n) is 3.40. The highest BCUT2D eigenvalue weighted by atomic mass is 16.5. The monoisotopic (exact) mass is 239 g/mol. The summed E-state index contributed by atoms with van der Waals surface area (Å²) >= 11 is 0. The summed E-state index contributed by atoms with van der Waals surface area (Å²) in [5, 5.41) is 3.14. The molecule has 2 heteroatoms. The molecule has 0 fully saturated rings. The van der Waals surface area contributed by atoms with E-state index in [1.54, 1.807) is 0 Å². The Morgan fingerprint density at radius 2 is 1.83 bits per heavy atom. The van der Waals surface area contributed by atoms with Crippen LogP contribution in [0, 0.1) is 0 Å². The lowest BCUT2D eigenvalue weighted by Crippen LogP contribution is -1.91. The smallest absolute Gasteiger partial charge is 0.122 e. The van der Waals surface area contributed by atoms with Gasteiger partial charge in [0.1, 0.15) is 5.75 Å². The molecule has 0 saturated heterocycles. The number of anilines is 1. The molecule has 2 nitrogen and oxygen atoms in total. The molecule has 0 saturated carbocycles. The van der Waals surface area contributed by atoms with Crippen molar-refractivity contribution >= 4 is 5.69 Å². The van der Waals surface area contributed by atoms with Crippen molar-refractivity contribution in [1.82, 2.24) is 0 Å². The molecule has 0 spiro atoms. The number of fused-ring (bicyclic) bond motifs is 1. The molecule has 0 radical (unpaired) electrons. The quantitative estimate of drug-likeness (QED) is 0.887. The van der Waals surface area contributed by atoms with E-state index in [1.807, 2.05) is 7.05 Å². The van der Waals surface area contributed by atoms with Gasteiger partial charge in [0.05, 0.1) is 6.61 Å². The molecule has 0 atom stereocenters.